The van der Waals surface area contributed by atoms with Crippen LogP contribution in [0.1, 0.15) is 38.7 Å². The molecule has 1 aromatic rings. The van der Waals surface area contributed by atoms with Gasteiger partial charge in [-0.2, -0.15) is 0 Å². The van der Waals surface area contributed by atoms with E-state index in [1.807, 2.05) is 19.9 Å². The zero-order valence-electron chi connectivity index (χ0n) is 14.5. The Bertz CT molecular complexity index is 700. The predicted octanol–water partition coefficient (Wildman–Crippen LogP) is 1.89. The molecule has 0 spiro atoms. The molecule has 0 radical (unpaired) electrons. The number of carbonyl (C=O) groups is 3. The maximum absolute atomic E-state index is 12.2. The lowest BCUT2D eigenvalue weighted by Gasteiger charge is -2.15. The van der Waals surface area contributed by atoms with Crippen molar-refractivity contribution in [3.05, 3.63) is 17.7 Å². The van der Waals surface area contributed by atoms with E-state index in [9.17, 15) is 14.4 Å². The second-order valence-corrected chi connectivity index (χ2v) is 6.26. The van der Waals surface area contributed by atoms with Gasteiger partial charge in [-0.1, -0.05) is 0 Å². The number of carbonyl (C=O) groups excluding carboxylic acids is 3. The van der Waals surface area contributed by atoms with Crippen LogP contribution >= 0.6 is 0 Å². The van der Waals surface area contributed by atoms with Crippen molar-refractivity contribution in [2.24, 2.45) is 0 Å². The minimum atomic E-state index is -0.278. The number of amides is 3. The van der Waals surface area contributed by atoms with Gasteiger partial charge in [0.25, 0.3) is 0 Å². The maximum Gasteiger partial charge on any atom is 0.229 e. The normalized spacial score (nSPS) is 19.0. The number of anilines is 1. The number of nitrogens with zero attached hydrogens (tertiary/aromatic N) is 1. The summed E-state index contributed by atoms with van der Waals surface area (Å²) in [6.07, 6.45) is 1.42. The largest absolute Gasteiger partial charge is 0.492 e. The van der Waals surface area contributed by atoms with Crippen molar-refractivity contribution >= 4 is 23.4 Å². The monoisotopic (exact) mass is 346 g/mol. The highest BCUT2D eigenvalue weighted by atomic mass is 16.5. The van der Waals surface area contributed by atoms with Crippen LogP contribution in [0.3, 0.4) is 0 Å². The van der Waals surface area contributed by atoms with Crippen LogP contribution < -0.4 is 14.8 Å². The quantitative estimate of drug-likeness (QED) is 0.795. The molecule has 2 aliphatic rings. The van der Waals surface area contributed by atoms with Crippen LogP contribution in [0.25, 0.3) is 0 Å². The standard InChI is InChI=1S/C18H22N2O5/c1-3-24-15-9-12-8-11(2)25-14(12)10-13(15)19-16(21)6-7-20-17(22)4-5-18(20)23/h9-11H,3-8H2,1-2H3,(H,19,21)/t11-/m1/s1. The lowest BCUT2D eigenvalue weighted by atomic mass is 10.1. The van der Waals surface area contributed by atoms with Gasteiger partial charge in [0.05, 0.1) is 12.3 Å². The molecular formula is C18H22N2O5. The Kier molecular flexibility index (Phi) is 4.92. The van der Waals surface area contributed by atoms with Crippen molar-refractivity contribution in [2.45, 2.75) is 45.6 Å². The zero-order valence-corrected chi connectivity index (χ0v) is 14.5. The third-order valence-corrected chi connectivity index (χ3v) is 4.29. The van der Waals surface area contributed by atoms with Crippen LogP contribution in [-0.2, 0) is 20.8 Å². The molecule has 2 heterocycles. The van der Waals surface area contributed by atoms with Gasteiger partial charge in [0.2, 0.25) is 17.7 Å². The van der Waals surface area contributed by atoms with Crippen molar-refractivity contribution < 1.29 is 23.9 Å². The van der Waals surface area contributed by atoms with Gasteiger partial charge in [0.15, 0.2) is 0 Å². The third kappa shape index (κ3) is 3.75. The zero-order chi connectivity index (χ0) is 18.0. The second kappa shape index (κ2) is 7.13. The first kappa shape index (κ1) is 17.3. The summed E-state index contributed by atoms with van der Waals surface area (Å²) in [7, 11) is 0. The van der Waals surface area contributed by atoms with Crippen LogP contribution in [0.4, 0.5) is 5.69 Å². The molecule has 1 atom stereocenters. The van der Waals surface area contributed by atoms with Crippen molar-refractivity contribution in [3.63, 3.8) is 0 Å². The lowest BCUT2D eigenvalue weighted by Crippen LogP contribution is -2.32. The van der Waals surface area contributed by atoms with Crippen molar-refractivity contribution in [3.8, 4) is 11.5 Å². The van der Waals surface area contributed by atoms with Gasteiger partial charge >= 0.3 is 0 Å². The number of ether oxygens (including phenoxy) is 2. The molecule has 7 heteroatoms. The molecule has 134 valence electrons. The first-order chi connectivity index (χ1) is 12.0. The molecule has 0 aliphatic carbocycles. The second-order valence-electron chi connectivity index (χ2n) is 6.26. The highest BCUT2D eigenvalue weighted by Crippen LogP contribution is 2.38. The van der Waals surface area contributed by atoms with Crippen LogP contribution in [0, 0.1) is 0 Å². The van der Waals surface area contributed by atoms with E-state index >= 15 is 0 Å². The molecule has 25 heavy (non-hydrogen) atoms. The Balaban J connectivity index is 1.67. The molecule has 2 aliphatic heterocycles. The summed E-state index contributed by atoms with van der Waals surface area (Å²) in [5.74, 6) is 0.636. The molecule has 0 unspecified atom stereocenters. The first-order valence-corrected chi connectivity index (χ1v) is 8.57. The van der Waals surface area contributed by atoms with E-state index in [0.717, 1.165) is 22.6 Å². The first-order valence-electron chi connectivity index (χ1n) is 8.57. The number of rotatable bonds is 6. The summed E-state index contributed by atoms with van der Waals surface area (Å²) in [5.41, 5.74) is 1.60. The molecule has 1 N–H and O–H groups in total. The lowest BCUT2D eigenvalue weighted by molar-refractivity contribution is -0.138. The number of hydrogen-bond donors (Lipinski definition) is 1. The molecule has 7 nitrogen and oxygen atoms in total. The number of imide groups is 1. The number of nitrogens with one attached hydrogen (secondary N) is 1. The van der Waals surface area contributed by atoms with Crippen molar-refractivity contribution in [2.75, 3.05) is 18.5 Å². The topological polar surface area (TPSA) is 84.9 Å². The Morgan fingerprint density at radius 1 is 1.32 bits per heavy atom. The molecule has 3 amide bonds. The summed E-state index contributed by atoms with van der Waals surface area (Å²) < 4.78 is 11.3. The average Bonchev–Trinajstić information content (AvgIpc) is 3.07. The smallest absolute Gasteiger partial charge is 0.229 e. The molecular weight excluding hydrogens is 324 g/mol. The fraction of sp³-hybridized carbons (Fsp3) is 0.500. The summed E-state index contributed by atoms with van der Waals surface area (Å²) in [6.45, 7) is 4.45. The van der Waals surface area contributed by atoms with Gasteiger partial charge in [-0.3, -0.25) is 19.3 Å². The highest BCUT2D eigenvalue weighted by Gasteiger charge is 2.29. The van der Waals surface area contributed by atoms with Crippen LogP contribution in [0.5, 0.6) is 11.5 Å². The van der Waals surface area contributed by atoms with Gasteiger partial charge in [-0.25, -0.2) is 0 Å². The van der Waals surface area contributed by atoms with Gasteiger partial charge in [-0.15, -0.1) is 0 Å². The molecule has 1 fully saturated rings. The van der Waals surface area contributed by atoms with Crippen molar-refractivity contribution in [1.82, 2.24) is 4.90 Å². The van der Waals surface area contributed by atoms with E-state index in [1.165, 1.54) is 0 Å². The molecule has 3 rings (SSSR count). The maximum atomic E-state index is 12.2. The van der Waals surface area contributed by atoms with E-state index in [0.29, 0.717) is 18.0 Å². The van der Waals surface area contributed by atoms with E-state index in [-0.39, 0.29) is 49.6 Å². The van der Waals surface area contributed by atoms with Gasteiger partial charge in [0, 0.05) is 43.9 Å². The van der Waals surface area contributed by atoms with E-state index in [4.69, 9.17) is 9.47 Å². The SMILES string of the molecule is CCOc1cc2c(cc1NC(=O)CCN1C(=O)CCC1=O)O[C@H](C)C2. The summed E-state index contributed by atoms with van der Waals surface area (Å²) in [4.78, 5) is 36.6. The third-order valence-electron chi connectivity index (χ3n) is 4.29. The van der Waals surface area contributed by atoms with E-state index in [2.05, 4.69) is 5.32 Å². The molecule has 0 bridgehead atoms. The van der Waals surface area contributed by atoms with E-state index in [1.54, 1.807) is 6.07 Å². The Hall–Kier alpha value is -2.57. The molecule has 0 saturated carbocycles. The summed E-state index contributed by atoms with van der Waals surface area (Å²) in [6, 6.07) is 3.67. The fourth-order valence-corrected chi connectivity index (χ4v) is 3.11. The Morgan fingerprint density at radius 2 is 2.04 bits per heavy atom. The van der Waals surface area contributed by atoms with Gasteiger partial charge < -0.3 is 14.8 Å². The van der Waals surface area contributed by atoms with Crippen LogP contribution in [0.2, 0.25) is 0 Å². The van der Waals surface area contributed by atoms with Crippen LogP contribution in [0.15, 0.2) is 12.1 Å². The number of likely N-dealkylation sites (tertiary alicyclic amines) is 1. The Labute approximate surface area is 146 Å². The molecule has 1 aromatic carbocycles. The number of hydrogen-bond acceptors (Lipinski definition) is 5. The molecule has 0 aromatic heterocycles. The number of fused-ring (bicyclic) bond motifs is 1. The molecule has 1 saturated heterocycles. The van der Waals surface area contributed by atoms with Crippen LogP contribution in [-0.4, -0.2) is 41.9 Å². The predicted molar refractivity (Wildman–Crippen MR) is 90.6 cm³/mol. The van der Waals surface area contributed by atoms with E-state index < -0.39 is 0 Å². The average molecular weight is 346 g/mol. The fourth-order valence-electron chi connectivity index (χ4n) is 3.11. The highest BCUT2D eigenvalue weighted by molar-refractivity contribution is 6.02. The summed E-state index contributed by atoms with van der Waals surface area (Å²) >= 11 is 0. The van der Waals surface area contributed by atoms with Gasteiger partial charge in [-0.05, 0) is 19.9 Å². The van der Waals surface area contributed by atoms with Crippen molar-refractivity contribution in [1.29, 1.82) is 0 Å². The Morgan fingerprint density at radius 3 is 2.72 bits per heavy atom. The summed E-state index contributed by atoms with van der Waals surface area (Å²) in [5, 5.41) is 2.80. The minimum absolute atomic E-state index is 0.0530. The number of benzene rings is 1. The van der Waals surface area contributed by atoms with Gasteiger partial charge in [0.1, 0.15) is 17.6 Å². The minimum Gasteiger partial charge on any atom is -0.492 e.